The Kier molecular flexibility index (Phi) is 8.58. The van der Waals surface area contributed by atoms with Gasteiger partial charge in [0.2, 0.25) is 5.91 Å². The van der Waals surface area contributed by atoms with Crippen molar-refractivity contribution in [2.75, 3.05) is 24.7 Å². The van der Waals surface area contributed by atoms with Crippen molar-refractivity contribution in [3.8, 4) is 0 Å². The molecule has 180 valence electrons. The van der Waals surface area contributed by atoms with Gasteiger partial charge in [0.15, 0.2) is 5.16 Å². The lowest BCUT2D eigenvalue weighted by atomic mass is 9.95. The smallest absolute Gasteiger partial charge is 0.341 e. The third-order valence-electron chi connectivity index (χ3n) is 5.94. The second-order valence-corrected chi connectivity index (χ2v) is 10.1. The molecule has 0 radical (unpaired) electrons. The SMILES string of the molecule is CCOC(=O)c1c(NC(=O)CSc2nc(C)c(C)n2C2CCCCC2)sc(C(=O)NC)c1C. The van der Waals surface area contributed by atoms with E-state index in [0.717, 1.165) is 40.7 Å². The first-order chi connectivity index (χ1) is 15.8. The molecule has 0 atom stereocenters. The third-order valence-corrected chi connectivity index (χ3v) is 8.10. The molecule has 0 aromatic carbocycles. The van der Waals surface area contributed by atoms with E-state index in [9.17, 15) is 14.4 Å². The number of rotatable bonds is 8. The highest BCUT2D eigenvalue weighted by Crippen LogP contribution is 2.36. The summed E-state index contributed by atoms with van der Waals surface area (Å²) >= 11 is 2.48. The number of nitrogens with zero attached hydrogens (tertiary/aromatic N) is 2. The van der Waals surface area contributed by atoms with Gasteiger partial charge in [-0.05, 0) is 46.1 Å². The van der Waals surface area contributed by atoms with Crippen LogP contribution in [-0.4, -0.2) is 46.7 Å². The van der Waals surface area contributed by atoms with Crippen LogP contribution in [0.3, 0.4) is 0 Å². The molecular formula is C23H32N4O4S2. The predicted molar refractivity (Wildman–Crippen MR) is 132 cm³/mol. The molecule has 0 bridgehead atoms. The van der Waals surface area contributed by atoms with Crippen molar-refractivity contribution in [3.63, 3.8) is 0 Å². The van der Waals surface area contributed by atoms with Gasteiger partial charge in [-0.15, -0.1) is 11.3 Å². The van der Waals surface area contributed by atoms with E-state index < -0.39 is 5.97 Å². The quantitative estimate of drug-likeness (QED) is 0.411. The molecule has 2 aromatic heterocycles. The Labute approximate surface area is 202 Å². The summed E-state index contributed by atoms with van der Waals surface area (Å²) in [4.78, 5) is 42.7. The van der Waals surface area contributed by atoms with E-state index in [4.69, 9.17) is 9.72 Å². The van der Waals surface area contributed by atoms with Crippen molar-refractivity contribution in [2.24, 2.45) is 0 Å². The number of hydrogen-bond acceptors (Lipinski definition) is 7. The minimum atomic E-state index is -0.552. The number of aryl methyl sites for hydroxylation is 1. The van der Waals surface area contributed by atoms with Crippen molar-refractivity contribution in [3.05, 3.63) is 27.4 Å². The molecule has 0 aliphatic heterocycles. The maximum atomic E-state index is 12.8. The first-order valence-electron chi connectivity index (χ1n) is 11.3. The van der Waals surface area contributed by atoms with E-state index in [1.54, 1.807) is 13.8 Å². The zero-order valence-corrected chi connectivity index (χ0v) is 21.5. The fourth-order valence-electron chi connectivity index (χ4n) is 4.14. The Morgan fingerprint density at radius 3 is 2.52 bits per heavy atom. The van der Waals surface area contributed by atoms with Crippen LogP contribution in [0.25, 0.3) is 0 Å². The minimum Gasteiger partial charge on any atom is -0.462 e. The van der Waals surface area contributed by atoms with Crippen LogP contribution in [0.2, 0.25) is 0 Å². The summed E-state index contributed by atoms with van der Waals surface area (Å²) in [5.41, 5.74) is 2.87. The average molecular weight is 493 g/mol. The van der Waals surface area contributed by atoms with Crippen LogP contribution in [0.4, 0.5) is 5.00 Å². The molecule has 0 saturated heterocycles. The van der Waals surface area contributed by atoms with Crippen LogP contribution in [0.5, 0.6) is 0 Å². The van der Waals surface area contributed by atoms with Crippen molar-refractivity contribution in [2.45, 2.75) is 71.0 Å². The van der Waals surface area contributed by atoms with Gasteiger partial charge in [-0.3, -0.25) is 9.59 Å². The summed E-state index contributed by atoms with van der Waals surface area (Å²) in [6.07, 6.45) is 5.98. The van der Waals surface area contributed by atoms with Gasteiger partial charge in [-0.25, -0.2) is 9.78 Å². The standard InChI is InChI=1S/C23H32N4O4S2/c1-6-31-22(30)18-13(2)19(20(29)24-5)33-21(18)26-17(28)12-32-23-25-14(3)15(4)27(23)16-10-8-7-9-11-16/h16H,6-12H2,1-5H3,(H,24,29)(H,26,28). The van der Waals surface area contributed by atoms with Crippen LogP contribution in [-0.2, 0) is 9.53 Å². The largest absolute Gasteiger partial charge is 0.462 e. The molecule has 2 N–H and O–H groups in total. The third kappa shape index (κ3) is 5.60. The number of carbonyl (C=O) groups is 3. The number of esters is 1. The van der Waals surface area contributed by atoms with E-state index in [1.165, 1.54) is 38.1 Å². The zero-order valence-electron chi connectivity index (χ0n) is 19.9. The van der Waals surface area contributed by atoms with E-state index in [0.29, 0.717) is 21.5 Å². The maximum Gasteiger partial charge on any atom is 0.341 e. The maximum absolute atomic E-state index is 12.8. The number of aromatic nitrogens is 2. The Bertz CT molecular complexity index is 1040. The molecule has 1 aliphatic carbocycles. The summed E-state index contributed by atoms with van der Waals surface area (Å²) in [5.74, 6) is -0.970. The van der Waals surface area contributed by atoms with Crippen molar-refractivity contribution < 1.29 is 19.1 Å². The van der Waals surface area contributed by atoms with E-state index in [-0.39, 0.29) is 29.7 Å². The van der Waals surface area contributed by atoms with Crippen LogP contribution in [0.1, 0.15) is 82.1 Å². The normalized spacial score (nSPS) is 14.2. The predicted octanol–water partition coefficient (Wildman–Crippen LogP) is 4.64. The number of thiophene rings is 1. The second-order valence-electron chi connectivity index (χ2n) is 8.12. The zero-order chi connectivity index (χ0) is 24.1. The van der Waals surface area contributed by atoms with E-state index >= 15 is 0 Å². The molecule has 33 heavy (non-hydrogen) atoms. The lowest BCUT2D eigenvalue weighted by Gasteiger charge is -2.26. The lowest BCUT2D eigenvalue weighted by Crippen LogP contribution is -2.18. The number of carbonyl (C=O) groups excluding carboxylic acids is 3. The number of hydrogen-bond donors (Lipinski definition) is 2. The van der Waals surface area contributed by atoms with Crippen LogP contribution >= 0.6 is 23.1 Å². The summed E-state index contributed by atoms with van der Waals surface area (Å²) in [5, 5.41) is 6.58. The van der Waals surface area contributed by atoms with Gasteiger partial charge in [0, 0.05) is 18.8 Å². The number of anilines is 1. The van der Waals surface area contributed by atoms with Gasteiger partial charge in [0.1, 0.15) is 5.00 Å². The molecule has 0 spiro atoms. The summed E-state index contributed by atoms with van der Waals surface area (Å²) in [6, 6.07) is 0.427. The second kappa shape index (κ2) is 11.2. The van der Waals surface area contributed by atoms with Crippen LogP contribution in [0.15, 0.2) is 5.16 Å². The topological polar surface area (TPSA) is 102 Å². The molecule has 2 heterocycles. The highest BCUT2D eigenvalue weighted by Gasteiger charge is 2.27. The van der Waals surface area contributed by atoms with Crippen molar-refractivity contribution in [1.82, 2.24) is 14.9 Å². The Hall–Kier alpha value is -2.33. The Balaban J connectivity index is 1.77. The number of amides is 2. The average Bonchev–Trinajstić information content (AvgIpc) is 3.27. The molecule has 2 amide bonds. The van der Waals surface area contributed by atoms with Gasteiger partial charge in [0.05, 0.1) is 28.5 Å². The number of ether oxygens (including phenoxy) is 1. The molecule has 0 unspecified atom stereocenters. The number of imidazole rings is 1. The highest BCUT2D eigenvalue weighted by atomic mass is 32.2. The summed E-state index contributed by atoms with van der Waals surface area (Å²) < 4.78 is 7.44. The van der Waals surface area contributed by atoms with Crippen molar-refractivity contribution >= 4 is 45.9 Å². The molecule has 2 aromatic rings. The number of thioether (sulfide) groups is 1. The fraction of sp³-hybridized carbons (Fsp3) is 0.565. The first-order valence-corrected chi connectivity index (χ1v) is 13.1. The molecule has 10 heteroatoms. The highest BCUT2D eigenvalue weighted by molar-refractivity contribution is 7.99. The molecule has 3 rings (SSSR count). The van der Waals surface area contributed by atoms with Crippen molar-refractivity contribution in [1.29, 1.82) is 0 Å². The van der Waals surface area contributed by atoms with Gasteiger partial charge in [-0.2, -0.15) is 0 Å². The van der Waals surface area contributed by atoms with Gasteiger partial charge in [-0.1, -0.05) is 31.0 Å². The van der Waals surface area contributed by atoms with Gasteiger partial charge < -0.3 is 19.9 Å². The van der Waals surface area contributed by atoms with Crippen LogP contribution < -0.4 is 10.6 Å². The van der Waals surface area contributed by atoms with E-state index in [2.05, 4.69) is 22.1 Å². The Morgan fingerprint density at radius 1 is 1.18 bits per heavy atom. The van der Waals surface area contributed by atoms with E-state index in [1.807, 2.05) is 6.92 Å². The number of nitrogens with one attached hydrogen (secondary N) is 2. The lowest BCUT2D eigenvalue weighted by molar-refractivity contribution is -0.113. The molecular weight excluding hydrogens is 460 g/mol. The van der Waals surface area contributed by atoms with Crippen LogP contribution in [0, 0.1) is 20.8 Å². The van der Waals surface area contributed by atoms with Gasteiger partial charge >= 0.3 is 5.97 Å². The summed E-state index contributed by atoms with van der Waals surface area (Å²) in [7, 11) is 1.53. The van der Waals surface area contributed by atoms with Gasteiger partial charge in [0.25, 0.3) is 5.91 Å². The molecule has 1 saturated carbocycles. The first kappa shape index (κ1) is 25.3. The monoisotopic (exact) mass is 492 g/mol. The molecule has 8 nitrogen and oxygen atoms in total. The molecule has 1 aliphatic rings. The Morgan fingerprint density at radius 2 is 1.88 bits per heavy atom. The fourth-order valence-corrected chi connectivity index (χ4v) is 6.26. The molecule has 1 fully saturated rings. The minimum absolute atomic E-state index is 0.150. The summed E-state index contributed by atoms with van der Waals surface area (Å²) in [6.45, 7) is 7.69.